The van der Waals surface area contributed by atoms with Crippen LogP contribution in [0.4, 0.5) is 0 Å². The minimum Gasteiger partial charge on any atom is -0.488 e. The van der Waals surface area contributed by atoms with Crippen LogP contribution in [-0.2, 0) is 17.9 Å². The second-order valence-corrected chi connectivity index (χ2v) is 5.81. The molecule has 2 aromatic carbocycles. The van der Waals surface area contributed by atoms with Crippen molar-refractivity contribution in [3.63, 3.8) is 0 Å². The number of amides is 1. The zero-order valence-corrected chi connectivity index (χ0v) is 13.6. The predicted molar refractivity (Wildman–Crippen MR) is 94.6 cm³/mol. The summed E-state index contributed by atoms with van der Waals surface area (Å²) in [6.07, 6.45) is 1.91. The third-order valence-corrected chi connectivity index (χ3v) is 3.98. The Bertz CT molecular complexity index is 841. The van der Waals surface area contributed by atoms with E-state index in [-0.39, 0.29) is 11.9 Å². The summed E-state index contributed by atoms with van der Waals surface area (Å²) in [5.41, 5.74) is 8.48. The molecule has 3 aromatic rings. The van der Waals surface area contributed by atoms with Crippen LogP contribution in [0.25, 0.3) is 10.9 Å². The molecule has 0 spiro atoms. The van der Waals surface area contributed by atoms with E-state index in [1.54, 1.807) is 6.92 Å². The summed E-state index contributed by atoms with van der Waals surface area (Å²) in [7, 11) is 0. The molecule has 5 nitrogen and oxygen atoms in total. The highest BCUT2D eigenvalue weighted by Crippen LogP contribution is 2.25. The number of aromatic amines is 1. The van der Waals surface area contributed by atoms with Crippen molar-refractivity contribution < 1.29 is 9.53 Å². The Morgan fingerprint density at radius 1 is 1.21 bits per heavy atom. The first-order chi connectivity index (χ1) is 11.6. The molecule has 0 unspecified atom stereocenters. The summed E-state index contributed by atoms with van der Waals surface area (Å²) < 4.78 is 5.97. The number of rotatable bonds is 7. The SMILES string of the molecule is C[C@H](NCc1cccc(COc2cccc3[nH]ccc23)c1)C(N)=O. The number of nitrogens with two attached hydrogens (primary N) is 1. The highest BCUT2D eigenvalue weighted by Gasteiger charge is 2.07. The lowest BCUT2D eigenvalue weighted by atomic mass is 10.1. The Hall–Kier alpha value is -2.79. The van der Waals surface area contributed by atoms with Crippen molar-refractivity contribution in [2.45, 2.75) is 26.1 Å². The largest absolute Gasteiger partial charge is 0.488 e. The van der Waals surface area contributed by atoms with Crippen LogP contribution in [0.15, 0.2) is 54.7 Å². The van der Waals surface area contributed by atoms with Crippen molar-refractivity contribution >= 4 is 16.8 Å². The molecule has 1 heterocycles. The minimum absolute atomic E-state index is 0.351. The van der Waals surface area contributed by atoms with Crippen LogP contribution < -0.4 is 15.8 Å². The Morgan fingerprint density at radius 2 is 2.00 bits per heavy atom. The molecule has 4 N–H and O–H groups in total. The normalized spacial score (nSPS) is 12.2. The lowest BCUT2D eigenvalue weighted by Crippen LogP contribution is -2.38. The molecule has 0 fully saturated rings. The predicted octanol–water partition coefficient (Wildman–Crippen LogP) is 2.71. The molecule has 0 aliphatic carbocycles. The number of carbonyl (C=O) groups excluding carboxylic acids is 1. The summed E-state index contributed by atoms with van der Waals surface area (Å²) in [6.45, 7) is 2.83. The number of hydrogen-bond acceptors (Lipinski definition) is 3. The second kappa shape index (κ2) is 7.19. The lowest BCUT2D eigenvalue weighted by Gasteiger charge is -2.12. The molecule has 5 heteroatoms. The van der Waals surface area contributed by atoms with Gasteiger partial charge in [-0.2, -0.15) is 0 Å². The van der Waals surface area contributed by atoms with Crippen LogP contribution in [0.1, 0.15) is 18.1 Å². The maximum Gasteiger partial charge on any atom is 0.234 e. The molecule has 124 valence electrons. The molecular weight excluding hydrogens is 302 g/mol. The van der Waals surface area contributed by atoms with Crippen molar-refractivity contribution in [1.29, 1.82) is 0 Å². The zero-order valence-electron chi connectivity index (χ0n) is 13.6. The quantitative estimate of drug-likeness (QED) is 0.625. The Morgan fingerprint density at radius 3 is 2.83 bits per heavy atom. The van der Waals surface area contributed by atoms with Gasteiger partial charge in [0.1, 0.15) is 12.4 Å². The number of ether oxygens (including phenoxy) is 1. The van der Waals surface area contributed by atoms with E-state index in [1.165, 1.54) is 0 Å². The fraction of sp³-hybridized carbons (Fsp3) is 0.211. The van der Waals surface area contributed by atoms with Crippen LogP contribution in [0.5, 0.6) is 5.75 Å². The number of benzene rings is 2. The van der Waals surface area contributed by atoms with Gasteiger partial charge in [0.2, 0.25) is 5.91 Å². The summed E-state index contributed by atoms with van der Waals surface area (Å²) in [5.74, 6) is 0.508. The smallest absolute Gasteiger partial charge is 0.234 e. The van der Waals surface area contributed by atoms with Gasteiger partial charge < -0.3 is 20.8 Å². The first-order valence-corrected chi connectivity index (χ1v) is 7.93. The van der Waals surface area contributed by atoms with Crippen molar-refractivity contribution in [1.82, 2.24) is 10.3 Å². The molecule has 0 saturated heterocycles. The first-order valence-electron chi connectivity index (χ1n) is 7.93. The number of H-pyrrole nitrogens is 1. The van der Waals surface area contributed by atoms with Crippen molar-refractivity contribution in [2.24, 2.45) is 5.73 Å². The summed E-state index contributed by atoms with van der Waals surface area (Å²) in [4.78, 5) is 14.2. The fourth-order valence-corrected chi connectivity index (χ4v) is 2.54. The average Bonchev–Trinajstić information content (AvgIpc) is 3.07. The average molecular weight is 323 g/mol. The van der Waals surface area contributed by atoms with Crippen molar-refractivity contribution in [2.75, 3.05) is 0 Å². The molecule has 0 aliphatic heterocycles. The Labute approximate surface area is 140 Å². The molecule has 0 aliphatic rings. The van der Waals surface area contributed by atoms with Gasteiger partial charge in [0, 0.05) is 23.6 Å². The van der Waals surface area contributed by atoms with E-state index in [0.29, 0.717) is 13.2 Å². The third kappa shape index (κ3) is 3.75. The third-order valence-electron chi connectivity index (χ3n) is 3.98. The Balaban J connectivity index is 1.64. The van der Waals surface area contributed by atoms with Gasteiger partial charge in [-0.3, -0.25) is 4.79 Å². The van der Waals surface area contributed by atoms with Gasteiger partial charge in [-0.05, 0) is 36.2 Å². The van der Waals surface area contributed by atoms with Crippen LogP contribution in [-0.4, -0.2) is 16.9 Å². The lowest BCUT2D eigenvalue weighted by molar-refractivity contribution is -0.119. The number of hydrogen-bond donors (Lipinski definition) is 3. The number of fused-ring (bicyclic) bond motifs is 1. The van der Waals surface area contributed by atoms with E-state index in [1.807, 2.05) is 48.7 Å². The van der Waals surface area contributed by atoms with Gasteiger partial charge >= 0.3 is 0 Å². The van der Waals surface area contributed by atoms with Crippen molar-refractivity contribution in [3.05, 3.63) is 65.9 Å². The summed E-state index contributed by atoms with van der Waals surface area (Å²) in [5, 5.41) is 4.18. The van der Waals surface area contributed by atoms with Gasteiger partial charge in [0.25, 0.3) is 0 Å². The topological polar surface area (TPSA) is 80.1 Å². The van der Waals surface area contributed by atoms with Crippen molar-refractivity contribution in [3.8, 4) is 5.75 Å². The molecule has 24 heavy (non-hydrogen) atoms. The van der Waals surface area contributed by atoms with Crippen LogP contribution in [0.2, 0.25) is 0 Å². The summed E-state index contributed by atoms with van der Waals surface area (Å²) >= 11 is 0. The monoisotopic (exact) mass is 323 g/mol. The van der Waals surface area contributed by atoms with Crippen LogP contribution in [0, 0.1) is 0 Å². The van der Waals surface area contributed by atoms with Crippen LogP contribution in [0.3, 0.4) is 0 Å². The number of primary amides is 1. The van der Waals surface area contributed by atoms with Gasteiger partial charge in [-0.1, -0.05) is 30.3 Å². The maximum absolute atomic E-state index is 11.1. The molecule has 0 radical (unpaired) electrons. The van der Waals surface area contributed by atoms with E-state index >= 15 is 0 Å². The van der Waals surface area contributed by atoms with Gasteiger partial charge in [0.15, 0.2) is 0 Å². The van der Waals surface area contributed by atoms with E-state index < -0.39 is 0 Å². The van der Waals surface area contributed by atoms with E-state index in [2.05, 4.69) is 16.4 Å². The van der Waals surface area contributed by atoms with E-state index in [4.69, 9.17) is 10.5 Å². The minimum atomic E-state index is -0.353. The van der Waals surface area contributed by atoms with E-state index in [0.717, 1.165) is 27.8 Å². The molecule has 1 atom stereocenters. The first kappa shape index (κ1) is 16.1. The van der Waals surface area contributed by atoms with Gasteiger partial charge in [-0.15, -0.1) is 0 Å². The molecule has 0 saturated carbocycles. The fourth-order valence-electron chi connectivity index (χ4n) is 2.54. The number of carbonyl (C=O) groups is 1. The molecule has 1 aromatic heterocycles. The highest BCUT2D eigenvalue weighted by molar-refractivity contribution is 5.85. The zero-order chi connectivity index (χ0) is 16.9. The maximum atomic E-state index is 11.1. The molecular formula is C19H21N3O2. The number of nitrogens with one attached hydrogen (secondary N) is 2. The second-order valence-electron chi connectivity index (χ2n) is 5.81. The summed E-state index contributed by atoms with van der Waals surface area (Å²) in [6, 6.07) is 15.7. The molecule has 3 rings (SSSR count). The van der Waals surface area contributed by atoms with E-state index in [9.17, 15) is 4.79 Å². The Kier molecular flexibility index (Phi) is 4.82. The molecule has 1 amide bonds. The standard InChI is InChI=1S/C19H21N3O2/c1-13(19(20)23)22-11-14-4-2-5-15(10-14)12-24-18-7-3-6-17-16(18)8-9-21-17/h2-10,13,21-22H,11-12H2,1H3,(H2,20,23)/t13-/m0/s1. The van der Waals surface area contributed by atoms with Gasteiger partial charge in [0.05, 0.1) is 6.04 Å². The molecule has 0 bridgehead atoms. The highest BCUT2D eigenvalue weighted by atomic mass is 16.5. The van der Waals surface area contributed by atoms with Gasteiger partial charge in [-0.25, -0.2) is 0 Å². The number of aromatic nitrogens is 1. The van der Waals surface area contributed by atoms with Crippen LogP contribution >= 0.6 is 0 Å².